The summed E-state index contributed by atoms with van der Waals surface area (Å²) in [5, 5.41) is 11.2. The number of rotatable bonds is 2. The van der Waals surface area contributed by atoms with Crippen molar-refractivity contribution in [1.29, 1.82) is 0 Å². The molecule has 0 aliphatic heterocycles. The number of nitrogens with zero attached hydrogens (tertiary/aromatic N) is 4. The quantitative estimate of drug-likeness (QED) is 0.580. The molecule has 1 heterocycles. The molecule has 0 aliphatic rings. The van der Waals surface area contributed by atoms with E-state index in [-0.39, 0.29) is 10.0 Å². The molecule has 0 spiro atoms. The molecule has 3 rings (SSSR count). The van der Waals surface area contributed by atoms with Gasteiger partial charge in [-0.3, -0.25) is 0 Å². The number of nitrogen functional groups attached to an aromatic ring is 1. The van der Waals surface area contributed by atoms with Crippen LogP contribution in [-0.4, -0.2) is 20.2 Å². The topological polar surface area (TPSA) is 69.6 Å². The van der Waals surface area contributed by atoms with Crippen molar-refractivity contribution in [2.24, 2.45) is 0 Å². The summed E-state index contributed by atoms with van der Waals surface area (Å²) in [6.07, 6.45) is 0. The van der Waals surface area contributed by atoms with E-state index in [9.17, 15) is 4.39 Å². The largest absolute Gasteiger partial charge is 0.399 e. The van der Waals surface area contributed by atoms with Crippen LogP contribution in [0.4, 0.5) is 10.1 Å². The van der Waals surface area contributed by atoms with Gasteiger partial charge in [-0.15, -0.1) is 5.10 Å². The smallest absolute Gasteiger partial charge is 0.187 e. The Morgan fingerprint density at radius 3 is 2.48 bits per heavy atom. The molecule has 0 aliphatic carbocycles. The summed E-state index contributed by atoms with van der Waals surface area (Å²) < 4.78 is 14.9. The van der Waals surface area contributed by atoms with Gasteiger partial charge in [0, 0.05) is 11.3 Å². The second-order valence-corrected chi connectivity index (χ2v) is 5.08. The van der Waals surface area contributed by atoms with Crippen molar-refractivity contribution in [3.63, 3.8) is 0 Å². The van der Waals surface area contributed by atoms with Crippen molar-refractivity contribution in [2.45, 2.75) is 0 Å². The first-order chi connectivity index (χ1) is 10.1. The maximum Gasteiger partial charge on any atom is 0.187 e. The fraction of sp³-hybridized carbons (Fsp3) is 0. The predicted molar refractivity (Wildman–Crippen MR) is 79.0 cm³/mol. The molecule has 0 amide bonds. The molecular formula is C13H8Cl2FN5. The Bertz CT molecular complexity index is 795. The molecule has 0 unspecified atom stereocenters. The summed E-state index contributed by atoms with van der Waals surface area (Å²) in [4.78, 5) is 0. The van der Waals surface area contributed by atoms with Gasteiger partial charge >= 0.3 is 0 Å². The first-order valence-corrected chi connectivity index (χ1v) is 6.61. The number of hydrogen-bond donors (Lipinski definition) is 1. The van der Waals surface area contributed by atoms with E-state index in [0.717, 1.165) is 5.56 Å². The molecule has 21 heavy (non-hydrogen) atoms. The highest BCUT2D eigenvalue weighted by Gasteiger charge is 2.14. The minimum absolute atomic E-state index is 0.105. The van der Waals surface area contributed by atoms with Crippen LogP contribution in [0, 0.1) is 5.82 Å². The van der Waals surface area contributed by atoms with E-state index in [1.807, 2.05) is 6.07 Å². The summed E-state index contributed by atoms with van der Waals surface area (Å²) >= 11 is 11.6. The molecule has 0 radical (unpaired) electrons. The lowest BCUT2D eigenvalue weighted by Gasteiger charge is -2.07. The lowest BCUT2D eigenvalue weighted by Crippen LogP contribution is -2.01. The van der Waals surface area contributed by atoms with Crippen molar-refractivity contribution in [3.8, 4) is 17.1 Å². The molecule has 2 N–H and O–H groups in total. The standard InChI is InChI=1S/C13H8Cl2FN5/c14-10-5-9(6-11(15)12(10)16)21-13(18-19-20-21)7-2-1-3-8(17)4-7/h1-6H,17H2. The average Bonchev–Trinajstić information content (AvgIpc) is 2.93. The van der Waals surface area contributed by atoms with E-state index in [2.05, 4.69) is 15.5 Å². The zero-order valence-corrected chi connectivity index (χ0v) is 12.0. The third-order valence-corrected chi connectivity index (χ3v) is 3.38. The van der Waals surface area contributed by atoms with Gasteiger partial charge in [0.2, 0.25) is 0 Å². The van der Waals surface area contributed by atoms with Gasteiger partial charge in [-0.2, -0.15) is 4.68 Å². The fourth-order valence-corrected chi connectivity index (χ4v) is 2.36. The van der Waals surface area contributed by atoms with Crippen LogP contribution < -0.4 is 5.73 Å². The molecular weight excluding hydrogens is 316 g/mol. The van der Waals surface area contributed by atoms with Gasteiger partial charge in [-0.05, 0) is 34.7 Å². The zero-order valence-electron chi connectivity index (χ0n) is 10.5. The normalized spacial score (nSPS) is 10.8. The molecule has 0 fully saturated rings. The van der Waals surface area contributed by atoms with E-state index >= 15 is 0 Å². The Hall–Kier alpha value is -2.18. The fourth-order valence-electron chi connectivity index (χ4n) is 1.88. The van der Waals surface area contributed by atoms with Gasteiger partial charge in [0.25, 0.3) is 0 Å². The molecule has 0 atom stereocenters. The van der Waals surface area contributed by atoms with Crippen molar-refractivity contribution < 1.29 is 4.39 Å². The third kappa shape index (κ3) is 2.55. The summed E-state index contributed by atoms with van der Waals surface area (Å²) in [5.41, 5.74) is 7.50. The highest BCUT2D eigenvalue weighted by Crippen LogP contribution is 2.28. The Labute approximate surface area is 129 Å². The molecule has 0 saturated heterocycles. The van der Waals surface area contributed by atoms with E-state index < -0.39 is 5.82 Å². The molecule has 106 valence electrons. The minimum Gasteiger partial charge on any atom is -0.399 e. The van der Waals surface area contributed by atoms with Crippen LogP contribution in [0.5, 0.6) is 0 Å². The van der Waals surface area contributed by atoms with Crippen LogP contribution in [0.1, 0.15) is 0 Å². The van der Waals surface area contributed by atoms with E-state index in [1.165, 1.54) is 16.8 Å². The van der Waals surface area contributed by atoms with Crippen LogP contribution in [-0.2, 0) is 0 Å². The average molecular weight is 324 g/mol. The Morgan fingerprint density at radius 1 is 1.10 bits per heavy atom. The Kier molecular flexibility index (Phi) is 3.48. The van der Waals surface area contributed by atoms with Gasteiger partial charge in [-0.25, -0.2) is 4.39 Å². The van der Waals surface area contributed by atoms with Crippen LogP contribution >= 0.6 is 23.2 Å². The third-order valence-electron chi connectivity index (χ3n) is 2.83. The predicted octanol–water partition coefficient (Wildman–Crippen LogP) is 3.36. The molecule has 0 bridgehead atoms. The van der Waals surface area contributed by atoms with Gasteiger partial charge in [0.1, 0.15) is 0 Å². The van der Waals surface area contributed by atoms with Crippen molar-refractivity contribution >= 4 is 28.9 Å². The maximum absolute atomic E-state index is 13.5. The SMILES string of the molecule is Nc1cccc(-c2nnnn2-c2cc(Cl)c(F)c(Cl)c2)c1. The number of nitrogens with two attached hydrogens (primary N) is 1. The van der Waals surface area contributed by atoms with Crippen LogP contribution in [0.25, 0.3) is 17.1 Å². The van der Waals surface area contributed by atoms with E-state index in [0.29, 0.717) is 17.2 Å². The minimum atomic E-state index is -0.680. The summed E-state index contributed by atoms with van der Waals surface area (Å²) in [6.45, 7) is 0. The highest BCUT2D eigenvalue weighted by molar-refractivity contribution is 6.35. The number of tetrazole rings is 1. The van der Waals surface area contributed by atoms with Crippen LogP contribution in [0.3, 0.4) is 0 Å². The van der Waals surface area contributed by atoms with Crippen LogP contribution in [0.15, 0.2) is 36.4 Å². The van der Waals surface area contributed by atoms with Crippen molar-refractivity contribution in [2.75, 3.05) is 5.73 Å². The first-order valence-electron chi connectivity index (χ1n) is 5.85. The number of benzene rings is 2. The second kappa shape index (κ2) is 5.31. The molecule has 5 nitrogen and oxygen atoms in total. The van der Waals surface area contributed by atoms with E-state index in [1.54, 1.807) is 18.2 Å². The molecule has 0 saturated carbocycles. The Balaban J connectivity index is 2.16. The molecule has 8 heteroatoms. The van der Waals surface area contributed by atoms with E-state index in [4.69, 9.17) is 28.9 Å². The van der Waals surface area contributed by atoms with Gasteiger partial charge in [-0.1, -0.05) is 35.3 Å². The second-order valence-electron chi connectivity index (χ2n) is 4.26. The zero-order chi connectivity index (χ0) is 15.0. The Morgan fingerprint density at radius 2 is 1.81 bits per heavy atom. The van der Waals surface area contributed by atoms with Crippen molar-refractivity contribution in [3.05, 3.63) is 52.3 Å². The summed E-state index contributed by atoms with van der Waals surface area (Å²) in [5.74, 6) is -0.235. The first kappa shape index (κ1) is 13.8. The lowest BCUT2D eigenvalue weighted by atomic mass is 10.2. The summed E-state index contributed by atoms with van der Waals surface area (Å²) in [6, 6.07) is 9.88. The van der Waals surface area contributed by atoms with Gasteiger partial charge in [0.15, 0.2) is 11.6 Å². The van der Waals surface area contributed by atoms with Gasteiger partial charge in [0.05, 0.1) is 15.7 Å². The number of anilines is 1. The molecule has 3 aromatic rings. The number of halogens is 3. The molecule has 2 aromatic carbocycles. The van der Waals surface area contributed by atoms with Crippen molar-refractivity contribution in [1.82, 2.24) is 20.2 Å². The monoisotopic (exact) mass is 323 g/mol. The lowest BCUT2D eigenvalue weighted by molar-refractivity contribution is 0.627. The van der Waals surface area contributed by atoms with Crippen LogP contribution in [0.2, 0.25) is 10.0 Å². The summed E-state index contributed by atoms with van der Waals surface area (Å²) in [7, 11) is 0. The molecule has 1 aromatic heterocycles. The maximum atomic E-state index is 13.5. The highest BCUT2D eigenvalue weighted by atomic mass is 35.5. The number of hydrogen-bond acceptors (Lipinski definition) is 4. The van der Waals surface area contributed by atoms with Gasteiger partial charge < -0.3 is 5.73 Å². The number of aromatic nitrogens is 4.